The van der Waals surface area contributed by atoms with Crippen LogP contribution in [-0.4, -0.2) is 15.6 Å². The van der Waals surface area contributed by atoms with Crippen LogP contribution in [0.2, 0.25) is 0 Å². The fourth-order valence-corrected chi connectivity index (χ4v) is 2.86. The van der Waals surface area contributed by atoms with Crippen molar-refractivity contribution in [3.05, 3.63) is 33.7 Å². The smallest absolute Gasteiger partial charge is 0.303 e. The molecule has 1 aliphatic rings. The average Bonchev–Trinajstić information content (AvgIpc) is 2.18. The number of aliphatic carboxylic acids is 1. The molecule has 18 heavy (non-hydrogen) atoms. The zero-order valence-electron chi connectivity index (χ0n) is 10.9. The standard InChI is InChI=1S/C14H19NO3/c1-10-6-12(16)7-11(2)15(10)9-14(4-3-5-14)8-13(17)18/h6-7H,3-5,8-9H2,1-2H3,(H,17,18). The van der Waals surface area contributed by atoms with Crippen LogP contribution in [0.15, 0.2) is 16.9 Å². The number of pyridine rings is 1. The van der Waals surface area contributed by atoms with Crippen LogP contribution in [0.4, 0.5) is 0 Å². The van der Waals surface area contributed by atoms with E-state index in [1.807, 2.05) is 13.8 Å². The first-order chi connectivity index (χ1) is 8.42. The average molecular weight is 249 g/mol. The molecule has 0 atom stereocenters. The lowest BCUT2D eigenvalue weighted by Crippen LogP contribution is -2.37. The summed E-state index contributed by atoms with van der Waals surface area (Å²) >= 11 is 0. The zero-order chi connectivity index (χ0) is 13.3. The maximum Gasteiger partial charge on any atom is 0.303 e. The molecule has 1 aromatic heterocycles. The number of nitrogens with zero attached hydrogens (tertiary/aromatic N) is 1. The van der Waals surface area contributed by atoms with Gasteiger partial charge in [0.25, 0.3) is 0 Å². The first-order valence-corrected chi connectivity index (χ1v) is 6.32. The number of rotatable bonds is 4. The molecule has 0 spiro atoms. The van der Waals surface area contributed by atoms with Crippen LogP contribution in [0.3, 0.4) is 0 Å². The van der Waals surface area contributed by atoms with Crippen molar-refractivity contribution in [2.24, 2.45) is 5.41 Å². The molecule has 2 rings (SSSR count). The SMILES string of the molecule is Cc1cc(=O)cc(C)n1CC1(CC(=O)O)CCC1. The van der Waals surface area contributed by atoms with E-state index in [-0.39, 0.29) is 17.3 Å². The van der Waals surface area contributed by atoms with E-state index in [0.717, 1.165) is 30.7 Å². The van der Waals surface area contributed by atoms with E-state index in [4.69, 9.17) is 5.11 Å². The third-order valence-electron chi connectivity index (χ3n) is 3.99. The van der Waals surface area contributed by atoms with Gasteiger partial charge in [-0.3, -0.25) is 9.59 Å². The molecule has 0 unspecified atom stereocenters. The maximum atomic E-state index is 11.4. The topological polar surface area (TPSA) is 59.3 Å². The van der Waals surface area contributed by atoms with Gasteiger partial charge in [-0.25, -0.2) is 0 Å². The summed E-state index contributed by atoms with van der Waals surface area (Å²) in [7, 11) is 0. The highest BCUT2D eigenvalue weighted by Crippen LogP contribution is 2.45. The number of aromatic nitrogens is 1. The third-order valence-corrected chi connectivity index (χ3v) is 3.99. The summed E-state index contributed by atoms with van der Waals surface area (Å²) in [6.45, 7) is 4.51. The summed E-state index contributed by atoms with van der Waals surface area (Å²) in [6.07, 6.45) is 3.25. The Morgan fingerprint density at radius 3 is 2.28 bits per heavy atom. The summed E-state index contributed by atoms with van der Waals surface area (Å²) in [6, 6.07) is 3.22. The van der Waals surface area contributed by atoms with Gasteiger partial charge in [0.1, 0.15) is 0 Å². The molecule has 0 amide bonds. The molecule has 0 bridgehead atoms. The van der Waals surface area contributed by atoms with Crippen LogP contribution < -0.4 is 5.43 Å². The van der Waals surface area contributed by atoms with E-state index < -0.39 is 5.97 Å². The van der Waals surface area contributed by atoms with E-state index in [2.05, 4.69) is 4.57 Å². The van der Waals surface area contributed by atoms with Gasteiger partial charge in [0.15, 0.2) is 5.43 Å². The number of carbonyl (C=O) groups is 1. The quantitative estimate of drug-likeness (QED) is 0.889. The van der Waals surface area contributed by atoms with Crippen LogP contribution in [0, 0.1) is 19.3 Å². The second-order valence-corrected chi connectivity index (χ2v) is 5.48. The minimum absolute atomic E-state index is 0.0159. The molecular weight excluding hydrogens is 230 g/mol. The summed E-state index contributed by atoms with van der Waals surface area (Å²) in [4.78, 5) is 22.3. The number of carboxylic acids is 1. The number of hydrogen-bond donors (Lipinski definition) is 1. The van der Waals surface area contributed by atoms with Crippen molar-refractivity contribution in [2.75, 3.05) is 0 Å². The lowest BCUT2D eigenvalue weighted by Gasteiger charge is -2.42. The Hall–Kier alpha value is -1.58. The molecule has 0 aromatic carbocycles. The van der Waals surface area contributed by atoms with Gasteiger partial charge in [-0.15, -0.1) is 0 Å². The number of aryl methyl sites for hydroxylation is 2. The molecule has 1 aromatic rings. The minimum atomic E-state index is -0.731. The Morgan fingerprint density at radius 2 is 1.89 bits per heavy atom. The molecule has 0 saturated heterocycles. The Bertz CT molecular complexity index is 500. The van der Waals surface area contributed by atoms with E-state index in [1.165, 1.54) is 0 Å². The second kappa shape index (κ2) is 4.59. The Labute approximate surface area is 106 Å². The summed E-state index contributed by atoms with van der Waals surface area (Å²) in [5, 5.41) is 9.02. The first kappa shape index (κ1) is 12.9. The highest BCUT2D eigenvalue weighted by Gasteiger charge is 2.39. The van der Waals surface area contributed by atoms with E-state index >= 15 is 0 Å². The molecule has 1 saturated carbocycles. The Morgan fingerprint density at radius 1 is 1.33 bits per heavy atom. The summed E-state index contributed by atoms with van der Waals surface area (Å²) < 4.78 is 2.07. The highest BCUT2D eigenvalue weighted by atomic mass is 16.4. The molecule has 0 radical (unpaired) electrons. The molecule has 1 aliphatic carbocycles. The van der Waals surface area contributed by atoms with Crippen molar-refractivity contribution in [3.8, 4) is 0 Å². The van der Waals surface area contributed by atoms with Gasteiger partial charge in [0.2, 0.25) is 0 Å². The molecule has 4 nitrogen and oxygen atoms in total. The highest BCUT2D eigenvalue weighted by molar-refractivity contribution is 5.67. The maximum absolute atomic E-state index is 11.4. The van der Waals surface area contributed by atoms with Crippen LogP contribution >= 0.6 is 0 Å². The zero-order valence-corrected chi connectivity index (χ0v) is 10.9. The fourth-order valence-electron chi connectivity index (χ4n) is 2.86. The lowest BCUT2D eigenvalue weighted by atomic mass is 9.66. The molecule has 4 heteroatoms. The van der Waals surface area contributed by atoms with Crippen molar-refractivity contribution in [1.82, 2.24) is 4.57 Å². The predicted molar refractivity (Wildman–Crippen MR) is 68.7 cm³/mol. The Kier molecular flexibility index (Phi) is 3.28. The number of hydrogen-bond acceptors (Lipinski definition) is 2. The van der Waals surface area contributed by atoms with Gasteiger partial charge in [0, 0.05) is 30.1 Å². The molecule has 1 N–H and O–H groups in total. The first-order valence-electron chi connectivity index (χ1n) is 6.32. The minimum Gasteiger partial charge on any atom is -0.481 e. The van der Waals surface area contributed by atoms with Gasteiger partial charge < -0.3 is 9.67 Å². The van der Waals surface area contributed by atoms with Crippen molar-refractivity contribution in [3.63, 3.8) is 0 Å². The monoisotopic (exact) mass is 249 g/mol. The molecule has 0 aliphatic heterocycles. The number of carboxylic acid groups (broad SMARTS) is 1. The van der Waals surface area contributed by atoms with Gasteiger partial charge >= 0.3 is 5.97 Å². The Balaban J connectivity index is 2.28. The third kappa shape index (κ3) is 2.47. The lowest BCUT2D eigenvalue weighted by molar-refractivity contribution is -0.141. The van der Waals surface area contributed by atoms with Crippen LogP contribution in [0.25, 0.3) is 0 Å². The van der Waals surface area contributed by atoms with Gasteiger partial charge in [-0.1, -0.05) is 6.42 Å². The van der Waals surface area contributed by atoms with Crippen molar-refractivity contribution >= 4 is 5.97 Å². The van der Waals surface area contributed by atoms with Crippen molar-refractivity contribution < 1.29 is 9.90 Å². The predicted octanol–water partition coefficient (Wildman–Crippen LogP) is 2.11. The largest absolute Gasteiger partial charge is 0.481 e. The van der Waals surface area contributed by atoms with E-state index in [9.17, 15) is 9.59 Å². The van der Waals surface area contributed by atoms with Crippen LogP contribution in [0.5, 0.6) is 0 Å². The van der Waals surface area contributed by atoms with E-state index in [0.29, 0.717) is 6.54 Å². The molecule has 1 heterocycles. The van der Waals surface area contributed by atoms with Crippen molar-refractivity contribution in [2.45, 2.75) is 46.1 Å². The fraction of sp³-hybridized carbons (Fsp3) is 0.571. The van der Waals surface area contributed by atoms with Crippen LogP contribution in [-0.2, 0) is 11.3 Å². The molecule has 98 valence electrons. The molecule has 1 fully saturated rings. The van der Waals surface area contributed by atoms with Gasteiger partial charge in [-0.05, 0) is 32.1 Å². The van der Waals surface area contributed by atoms with E-state index in [1.54, 1.807) is 12.1 Å². The summed E-state index contributed by atoms with van der Waals surface area (Å²) in [5.74, 6) is -0.731. The second-order valence-electron chi connectivity index (χ2n) is 5.48. The van der Waals surface area contributed by atoms with Gasteiger partial charge in [0.05, 0.1) is 6.42 Å². The molecular formula is C14H19NO3. The summed E-state index contributed by atoms with van der Waals surface area (Å²) in [5.41, 5.74) is 1.73. The van der Waals surface area contributed by atoms with Gasteiger partial charge in [-0.2, -0.15) is 0 Å². The normalized spacial score (nSPS) is 17.2. The van der Waals surface area contributed by atoms with Crippen molar-refractivity contribution in [1.29, 1.82) is 0 Å². The van der Waals surface area contributed by atoms with Crippen LogP contribution in [0.1, 0.15) is 37.1 Å².